The van der Waals surface area contributed by atoms with Crippen LogP contribution in [-0.2, 0) is 0 Å². The number of hydrogen-bond acceptors (Lipinski definition) is 2. The lowest BCUT2D eigenvalue weighted by atomic mass is 10.1. The minimum Gasteiger partial charge on any atom is -0.397 e. The van der Waals surface area contributed by atoms with Gasteiger partial charge in [-0.25, -0.2) is 0 Å². The molecule has 1 aromatic carbocycles. The molecule has 0 spiro atoms. The van der Waals surface area contributed by atoms with Gasteiger partial charge in [0.1, 0.15) is 0 Å². The summed E-state index contributed by atoms with van der Waals surface area (Å²) in [5, 5.41) is 1.67. The summed E-state index contributed by atoms with van der Waals surface area (Å²) in [6, 6.07) is 5.79. The second-order valence-corrected chi connectivity index (χ2v) is 3.49. The number of hydrogen-bond donors (Lipinski definition) is 1. The maximum Gasteiger partial charge on any atom is 0.0889 e. The van der Waals surface area contributed by atoms with E-state index in [1.165, 1.54) is 0 Å². The van der Waals surface area contributed by atoms with E-state index >= 15 is 0 Å². The molecule has 0 fully saturated rings. The van der Waals surface area contributed by atoms with Crippen LogP contribution >= 0.6 is 36.4 Å². The van der Waals surface area contributed by atoms with E-state index in [2.05, 4.69) is 4.98 Å². The van der Waals surface area contributed by atoms with E-state index in [9.17, 15) is 0 Å². The maximum atomic E-state index is 6.01. The first kappa shape index (κ1) is 14.3. The zero-order valence-corrected chi connectivity index (χ0v) is 10.4. The van der Waals surface area contributed by atoms with Crippen LogP contribution in [0.1, 0.15) is 5.56 Å². The van der Waals surface area contributed by atoms with E-state index < -0.39 is 0 Å². The highest BCUT2D eigenvalue weighted by Gasteiger charge is 2.01. The lowest BCUT2D eigenvalue weighted by molar-refractivity contribution is 1.39. The summed E-state index contributed by atoms with van der Waals surface area (Å²) >= 11 is 6.01. The van der Waals surface area contributed by atoms with Gasteiger partial charge in [0.15, 0.2) is 0 Å². The number of rotatable bonds is 0. The highest BCUT2D eigenvalue weighted by atomic mass is 35.5. The minimum atomic E-state index is 0. The van der Waals surface area contributed by atoms with Gasteiger partial charge in [0.25, 0.3) is 0 Å². The molecule has 0 aliphatic carbocycles. The number of aromatic nitrogens is 1. The van der Waals surface area contributed by atoms with Crippen LogP contribution in [0.5, 0.6) is 0 Å². The minimum absolute atomic E-state index is 0. The molecule has 2 aromatic rings. The summed E-state index contributed by atoms with van der Waals surface area (Å²) < 4.78 is 0. The lowest BCUT2D eigenvalue weighted by Crippen LogP contribution is -1.88. The van der Waals surface area contributed by atoms with Gasteiger partial charge in [-0.2, -0.15) is 0 Å². The molecule has 0 bridgehead atoms. The summed E-state index contributed by atoms with van der Waals surface area (Å²) in [5.41, 5.74) is 8.20. The van der Waals surface area contributed by atoms with Crippen molar-refractivity contribution in [2.45, 2.75) is 6.92 Å². The van der Waals surface area contributed by atoms with Gasteiger partial charge >= 0.3 is 0 Å². The number of nitrogens with two attached hydrogens (primary N) is 1. The van der Waals surface area contributed by atoms with Gasteiger partial charge < -0.3 is 5.73 Å². The number of benzene rings is 1. The number of nitrogens with zero attached hydrogens (tertiary/aromatic N) is 1. The molecule has 82 valence electrons. The molecule has 15 heavy (non-hydrogen) atoms. The molecule has 1 heterocycles. The van der Waals surface area contributed by atoms with Crippen molar-refractivity contribution in [1.82, 2.24) is 4.98 Å². The molecule has 0 aliphatic heterocycles. The Morgan fingerprint density at radius 1 is 1.20 bits per heavy atom. The molecule has 5 heteroatoms. The van der Waals surface area contributed by atoms with Crippen LogP contribution in [0.2, 0.25) is 5.02 Å². The van der Waals surface area contributed by atoms with Gasteiger partial charge in [0.05, 0.1) is 22.4 Å². The van der Waals surface area contributed by atoms with E-state index in [-0.39, 0.29) is 24.8 Å². The van der Waals surface area contributed by atoms with Crippen LogP contribution in [0.15, 0.2) is 24.4 Å². The summed E-state index contributed by atoms with van der Waals surface area (Å²) in [7, 11) is 0. The van der Waals surface area contributed by atoms with Gasteiger partial charge in [-0.3, -0.25) is 4.98 Å². The van der Waals surface area contributed by atoms with E-state index in [4.69, 9.17) is 17.3 Å². The van der Waals surface area contributed by atoms with E-state index in [1.807, 2.05) is 25.1 Å². The predicted molar refractivity (Wildman–Crippen MR) is 70.4 cm³/mol. The first-order valence-electron chi connectivity index (χ1n) is 3.98. The topological polar surface area (TPSA) is 38.9 Å². The largest absolute Gasteiger partial charge is 0.397 e. The summed E-state index contributed by atoms with van der Waals surface area (Å²) in [5.74, 6) is 0. The summed E-state index contributed by atoms with van der Waals surface area (Å²) in [4.78, 5) is 4.16. The zero-order valence-electron chi connectivity index (χ0n) is 8.03. The quantitative estimate of drug-likeness (QED) is 0.790. The molecule has 0 saturated heterocycles. The Morgan fingerprint density at radius 2 is 1.87 bits per heavy atom. The number of halogens is 3. The van der Waals surface area contributed by atoms with Gasteiger partial charge in [-0.1, -0.05) is 11.6 Å². The smallest absolute Gasteiger partial charge is 0.0889 e. The Hall–Kier alpha value is -0.700. The number of aryl methyl sites for hydroxylation is 1. The van der Waals surface area contributed by atoms with Gasteiger partial charge in [0.2, 0.25) is 0 Å². The fraction of sp³-hybridized carbons (Fsp3) is 0.100. The Kier molecular flexibility index (Phi) is 5.15. The molecule has 0 unspecified atom stereocenters. The molecular formula is C10H11Cl3N2. The fourth-order valence-corrected chi connectivity index (χ4v) is 1.69. The highest BCUT2D eigenvalue weighted by molar-refractivity contribution is 6.35. The third kappa shape index (κ3) is 2.88. The monoisotopic (exact) mass is 264 g/mol. The second kappa shape index (κ2) is 5.40. The Balaban J connectivity index is 0.000000980. The second-order valence-electron chi connectivity index (χ2n) is 3.09. The van der Waals surface area contributed by atoms with Crippen molar-refractivity contribution >= 4 is 53.0 Å². The standard InChI is InChI=1S/C10H9ClN2.2ClH/c1-6-2-7-4-8(12)5-13-10(7)9(11)3-6;;/h2-5H,12H2,1H3;2*1H. The Bertz CT molecular complexity index is 466. The van der Waals surface area contributed by atoms with Gasteiger partial charge in [-0.15, -0.1) is 24.8 Å². The molecule has 2 nitrogen and oxygen atoms in total. The van der Waals surface area contributed by atoms with Crippen molar-refractivity contribution in [1.29, 1.82) is 0 Å². The zero-order chi connectivity index (χ0) is 9.42. The molecule has 0 atom stereocenters. The van der Waals surface area contributed by atoms with E-state index in [1.54, 1.807) is 6.20 Å². The van der Waals surface area contributed by atoms with Crippen molar-refractivity contribution in [2.75, 3.05) is 5.73 Å². The van der Waals surface area contributed by atoms with Crippen LogP contribution in [0.4, 0.5) is 5.69 Å². The molecule has 0 aliphatic rings. The molecule has 0 amide bonds. The maximum absolute atomic E-state index is 6.01. The fourth-order valence-electron chi connectivity index (χ4n) is 1.36. The Labute approximate surface area is 106 Å². The molecule has 2 N–H and O–H groups in total. The third-order valence-corrected chi connectivity index (χ3v) is 2.19. The van der Waals surface area contributed by atoms with Gasteiger partial charge in [-0.05, 0) is 30.7 Å². The van der Waals surface area contributed by atoms with Crippen LogP contribution < -0.4 is 5.73 Å². The Morgan fingerprint density at radius 3 is 2.53 bits per heavy atom. The summed E-state index contributed by atoms with van der Waals surface area (Å²) in [6.45, 7) is 1.99. The average Bonchev–Trinajstić information content (AvgIpc) is 2.02. The molecule has 0 radical (unpaired) electrons. The van der Waals surface area contributed by atoms with Crippen LogP contribution in [0, 0.1) is 6.92 Å². The predicted octanol–water partition coefficient (Wildman–Crippen LogP) is 3.62. The third-order valence-electron chi connectivity index (χ3n) is 1.90. The number of nitrogen functional groups attached to an aromatic ring is 1. The van der Waals surface area contributed by atoms with Crippen molar-refractivity contribution in [2.24, 2.45) is 0 Å². The van der Waals surface area contributed by atoms with E-state index in [0.717, 1.165) is 16.5 Å². The molecule has 2 rings (SSSR count). The number of fused-ring (bicyclic) bond motifs is 1. The van der Waals surface area contributed by atoms with Crippen LogP contribution in [0.3, 0.4) is 0 Å². The number of anilines is 1. The molecule has 1 aromatic heterocycles. The van der Waals surface area contributed by atoms with Crippen molar-refractivity contribution in [3.05, 3.63) is 35.0 Å². The van der Waals surface area contributed by atoms with Crippen LogP contribution in [0.25, 0.3) is 10.9 Å². The SMILES string of the molecule is Cc1cc(Cl)c2ncc(N)cc2c1.Cl.Cl. The average molecular weight is 266 g/mol. The summed E-state index contributed by atoms with van der Waals surface area (Å²) in [6.07, 6.45) is 1.61. The van der Waals surface area contributed by atoms with Crippen molar-refractivity contribution in [3.8, 4) is 0 Å². The van der Waals surface area contributed by atoms with Crippen molar-refractivity contribution in [3.63, 3.8) is 0 Å². The lowest BCUT2D eigenvalue weighted by Gasteiger charge is -2.02. The molecule has 0 saturated carbocycles. The van der Waals surface area contributed by atoms with Crippen LogP contribution in [-0.4, -0.2) is 4.98 Å². The van der Waals surface area contributed by atoms with Crippen molar-refractivity contribution < 1.29 is 0 Å². The molecular weight excluding hydrogens is 254 g/mol. The first-order valence-corrected chi connectivity index (χ1v) is 4.36. The first-order chi connectivity index (χ1) is 6.16. The van der Waals surface area contributed by atoms with Gasteiger partial charge in [0, 0.05) is 5.39 Å². The number of pyridine rings is 1. The highest BCUT2D eigenvalue weighted by Crippen LogP contribution is 2.24. The normalized spacial score (nSPS) is 9.20. The van der Waals surface area contributed by atoms with E-state index in [0.29, 0.717) is 10.7 Å².